The van der Waals surface area contributed by atoms with Gasteiger partial charge in [0, 0.05) is 12.0 Å². The Bertz CT molecular complexity index is 1340. The first-order valence-electron chi connectivity index (χ1n) is 13.7. The van der Waals surface area contributed by atoms with Gasteiger partial charge in [-0.15, -0.1) is 0 Å². The zero-order valence-corrected chi connectivity index (χ0v) is 22.7. The smallest absolute Gasteiger partial charge is 0.229 e. The fraction of sp³-hybridized carbons (Fsp3) is 0.483. The van der Waals surface area contributed by atoms with Crippen molar-refractivity contribution in [1.82, 2.24) is 0 Å². The van der Waals surface area contributed by atoms with Gasteiger partial charge >= 0.3 is 0 Å². The maximum atomic E-state index is 13.3. The van der Waals surface area contributed by atoms with Gasteiger partial charge in [-0.3, -0.25) is 4.79 Å². The standard InChI is InChI=1S/C29H34O14/c30-10-19-22(34)23(35)25(37)29(41-19)43-27-20(11-31)42-28(26(38)24(27)36)40-18-3-1-2-16(32)21(18)17(33)7-6-13-4-5-14-12-39-9-8-15(13)14/h1-5,8-9,12,19-20,22-32,34-38H,6-7,10-11H2/t19-,20-,22-,23+,24-,25-,26-,27-,28-,29+/m1/s1. The van der Waals surface area contributed by atoms with E-state index in [-0.39, 0.29) is 23.5 Å². The molecule has 2 fully saturated rings. The van der Waals surface area contributed by atoms with E-state index in [1.807, 2.05) is 12.1 Å². The van der Waals surface area contributed by atoms with E-state index >= 15 is 0 Å². The third kappa shape index (κ3) is 6.25. The molecule has 3 aliphatic heterocycles. The summed E-state index contributed by atoms with van der Waals surface area (Å²) in [7, 11) is 0. The van der Waals surface area contributed by atoms with Gasteiger partial charge in [0.25, 0.3) is 0 Å². The number of phenols is 1. The number of phenolic OH excluding ortho intramolecular Hbond substituents is 1. The molecule has 5 rings (SSSR count). The maximum absolute atomic E-state index is 13.3. The van der Waals surface area contributed by atoms with Crippen molar-refractivity contribution in [2.24, 2.45) is 0 Å². The van der Waals surface area contributed by atoms with Crippen LogP contribution in [0.15, 0.2) is 53.3 Å². The quantitative estimate of drug-likeness (QED) is 0.128. The molecule has 1 aromatic rings. The first-order chi connectivity index (χ1) is 20.6. The third-order valence-electron chi connectivity index (χ3n) is 7.74. The van der Waals surface area contributed by atoms with Gasteiger partial charge in [-0.25, -0.2) is 0 Å². The minimum absolute atomic E-state index is 0.00403. The maximum Gasteiger partial charge on any atom is 0.229 e. The van der Waals surface area contributed by atoms with Crippen LogP contribution in [0, 0.1) is 0 Å². The van der Waals surface area contributed by atoms with Gasteiger partial charge < -0.3 is 64.2 Å². The van der Waals surface area contributed by atoms with E-state index in [1.54, 1.807) is 12.3 Å². The second-order valence-electron chi connectivity index (χ2n) is 10.5. The number of aryl methyl sites for hydroxylation is 1. The number of carbonyl (C=O) groups excluding carboxylic acids is 1. The minimum Gasteiger partial charge on any atom is -0.507 e. The Labute approximate surface area is 245 Å². The first-order valence-corrected chi connectivity index (χ1v) is 13.7. The Balaban J connectivity index is 1.29. The first kappa shape index (κ1) is 31.3. The molecule has 4 aliphatic rings. The lowest BCUT2D eigenvalue weighted by atomic mass is 9.97. The van der Waals surface area contributed by atoms with E-state index in [0.717, 1.165) is 16.7 Å². The van der Waals surface area contributed by atoms with E-state index in [1.165, 1.54) is 24.5 Å². The molecule has 1 aromatic carbocycles. The van der Waals surface area contributed by atoms with Crippen molar-refractivity contribution >= 4 is 5.78 Å². The largest absolute Gasteiger partial charge is 0.507 e. The summed E-state index contributed by atoms with van der Waals surface area (Å²) in [4.78, 5) is 13.3. The second-order valence-corrected chi connectivity index (χ2v) is 10.5. The van der Waals surface area contributed by atoms with Gasteiger partial charge in [0.05, 0.1) is 25.7 Å². The monoisotopic (exact) mass is 606 g/mol. The fourth-order valence-corrected chi connectivity index (χ4v) is 5.35. The van der Waals surface area contributed by atoms with Gasteiger partial charge in [-0.05, 0) is 35.7 Å². The van der Waals surface area contributed by atoms with Crippen molar-refractivity contribution in [2.45, 2.75) is 74.3 Å². The molecular formula is C29H34O14. The Hall–Kier alpha value is -3.15. The van der Waals surface area contributed by atoms with Crippen LogP contribution in [0.2, 0.25) is 0 Å². The lowest BCUT2D eigenvalue weighted by molar-refractivity contribution is -0.352. The van der Waals surface area contributed by atoms with Gasteiger partial charge in [0.15, 0.2) is 12.1 Å². The molecule has 3 heterocycles. The Morgan fingerprint density at radius 2 is 1.53 bits per heavy atom. The van der Waals surface area contributed by atoms with Gasteiger partial charge in [-0.1, -0.05) is 18.2 Å². The molecule has 0 bridgehead atoms. The van der Waals surface area contributed by atoms with Gasteiger partial charge in [-0.2, -0.15) is 0 Å². The van der Waals surface area contributed by atoms with Crippen LogP contribution in [0.4, 0.5) is 0 Å². The molecule has 14 heteroatoms. The molecule has 0 aromatic heterocycles. The Morgan fingerprint density at radius 3 is 2.28 bits per heavy atom. The van der Waals surface area contributed by atoms with Crippen molar-refractivity contribution in [3.63, 3.8) is 0 Å². The number of aliphatic hydroxyl groups is 7. The highest BCUT2D eigenvalue weighted by Gasteiger charge is 2.51. The number of ketones is 1. The summed E-state index contributed by atoms with van der Waals surface area (Å²) < 4.78 is 27.4. The molecule has 0 amide bonds. The van der Waals surface area contributed by atoms with Crippen molar-refractivity contribution in [3.8, 4) is 22.6 Å². The molecule has 43 heavy (non-hydrogen) atoms. The van der Waals surface area contributed by atoms with Crippen LogP contribution >= 0.6 is 0 Å². The van der Waals surface area contributed by atoms with Crippen molar-refractivity contribution < 1.29 is 69.0 Å². The van der Waals surface area contributed by atoms with Crippen LogP contribution in [0.1, 0.15) is 22.3 Å². The number of rotatable bonds is 10. The van der Waals surface area contributed by atoms with Gasteiger partial charge in [0.1, 0.15) is 65.9 Å². The van der Waals surface area contributed by atoms with E-state index < -0.39 is 80.4 Å². The summed E-state index contributed by atoms with van der Waals surface area (Å²) in [6.45, 7) is -1.49. The molecule has 0 unspecified atom stereocenters. The summed E-state index contributed by atoms with van der Waals surface area (Å²) in [6, 6.07) is 9.62. The normalized spacial score (nSPS) is 33.0. The summed E-state index contributed by atoms with van der Waals surface area (Å²) in [5.74, 6) is -0.976. The van der Waals surface area contributed by atoms with E-state index in [2.05, 4.69) is 0 Å². The lowest BCUT2D eigenvalue weighted by Gasteiger charge is -2.45. The molecule has 1 aliphatic carbocycles. The molecule has 0 spiro atoms. The predicted octanol–water partition coefficient (Wildman–Crippen LogP) is -1.09. The third-order valence-corrected chi connectivity index (χ3v) is 7.74. The topological polar surface area (TPSA) is 229 Å². The Morgan fingerprint density at radius 1 is 0.814 bits per heavy atom. The molecular weight excluding hydrogens is 572 g/mol. The van der Waals surface area contributed by atoms with Crippen molar-refractivity contribution in [3.05, 3.63) is 60.1 Å². The summed E-state index contributed by atoms with van der Waals surface area (Å²) in [6.07, 6.45) is -12.9. The highest BCUT2D eigenvalue weighted by Crippen LogP contribution is 2.35. The van der Waals surface area contributed by atoms with Crippen molar-refractivity contribution in [2.75, 3.05) is 13.2 Å². The fourth-order valence-electron chi connectivity index (χ4n) is 5.35. The minimum atomic E-state index is -1.83. The zero-order valence-electron chi connectivity index (χ0n) is 22.7. The number of ether oxygens (including phenoxy) is 4. The van der Waals surface area contributed by atoms with Gasteiger partial charge in [0.2, 0.25) is 6.29 Å². The number of Topliss-reactive ketones (excluding diaryl/α,β-unsaturated/α-hetero) is 1. The van der Waals surface area contributed by atoms with E-state index in [9.17, 15) is 45.6 Å². The highest BCUT2D eigenvalue weighted by molar-refractivity contribution is 6.01. The highest BCUT2D eigenvalue weighted by atomic mass is 16.7. The average Bonchev–Trinajstić information content (AvgIpc) is 3.42. The molecule has 0 radical (unpaired) electrons. The number of hydrogen-bond acceptors (Lipinski definition) is 14. The SMILES string of the molecule is O=C(CCc1ccc2coccc1-2)c1c(O)cccc1O[C@@H]1O[C@H](CO)[C@@H](O[C@@H]2O[C@H](CO)[C@@H](O)[C@H](O)[C@H]2O)[C@H](O)[C@H]1O. The number of hydrogen-bond donors (Lipinski definition) is 8. The summed E-state index contributed by atoms with van der Waals surface area (Å²) in [5.41, 5.74) is 2.54. The lowest BCUT2D eigenvalue weighted by Crippen LogP contribution is -2.65. The van der Waals surface area contributed by atoms with Crippen LogP contribution in [0.5, 0.6) is 11.5 Å². The number of aromatic hydroxyl groups is 1. The van der Waals surface area contributed by atoms with Crippen LogP contribution in [0.3, 0.4) is 0 Å². The number of carbonyl (C=O) groups is 1. The zero-order chi connectivity index (χ0) is 30.8. The molecule has 14 nitrogen and oxygen atoms in total. The molecule has 0 saturated carbocycles. The molecule has 8 N–H and O–H groups in total. The Kier molecular flexibility index (Phi) is 9.63. The second kappa shape index (κ2) is 13.2. The average molecular weight is 607 g/mol. The van der Waals surface area contributed by atoms with E-state index in [0.29, 0.717) is 6.42 Å². The number of benzene rings is 1. The summed E-state index contributed by atoms with van der Waals surface area (Å²) >= 11 is 0. The molecule has 10 atom stereocenters. The van der Waals surface area contributed by atoms with Crippen molar-refractivity contribution in [1.29, 1.82) is 0 Å². The summed E-state index contributed by atoms with van der Waals surface area (Å²) in [5, 5.41) is 82.0. The van der Waals surface area contributed by atoms with Crippen LogP contribution < -0.4 is 4.74 Å². The predicted molar refractivity (Wildman–Crippen MR) is 143 cm³/mol. The number of fused-ring (bicyclic) bond motifs is 1. The van der Waals surface area contributed by atoms with Crippen LogP contribution in [-0.4, -0.2) is 121 Å². The van der Waals surface area contributed by atoms with E-state index in [4.69, 9.17) is 23.4 Å². The molecule has 234 valence electrons. The van der Waals surface area contributed by atoms with Crippen LogP contribution in [-0.2, 0) is 20.6 Å². The number of aliphatic hydroxyl groups excluding tert-OH is 7. The van der Waals surface area contributed by atoms with Crippen LogP contribution in [0.25, 0.3) is 11.1 Å². The molecule has 2 saturated heterocycles.